The van der Waals surface area contributed by atoms with Gasteiger partial charge in [0.1, 0.15) is 6.29 Å². The van der Waals surface area contributed by atoms with E-state index in [1.54, 1.807) is 6.07 Å². The number of rotatable bonds is 12. The van der Waals surface area contributed by atoms with Crippen LogP contribution in [0.25, 0.3) is 0 Å². The smallest absolute Gasteiger partial charge is 0.335 e. The number of aldehydes is 1. The number of hydrogen-bond donors (Lipinski definition) is 2. The van der Waals surface area contributed by atoms with Crippen molar-refractivity contribution in [2.75, 3.05) is 32.7 Å². The number of nitrogens with one attached hydrogen (secondary N) is 1. The molecule has 0 bridgehead atoms. The largest absolute Gasteiger partial charge is 0.478 e. The molecule has 0 unspecified atom stereocenters. The zero-order valence-electron chi connectivity index (χ0n) is 17.2. The third-order valence-electron chi connectivity index (χ3n) is 4.55. The third-order valence-corrected chi connectivity index (χ3v) is 4.55. The lowest BCUT2D eigenvalue weighted by atomic mass is 10.1. The Bertz CT molecular complexity index is 685. The van der Waals surface area contributed by atoms with Crippen LogP contribution in [-0.4, -0.2) is 56.9 Å². The highest BCUT2D eigenvalue weighted by Gasteiger charge is 2.41. The van der Waals surface area contributed by atoms with Gasteiger partial charge in [0.05, 0.1) is 12.0 Å². The van der Waals surface area contributed by atoms with E-state index in [9.17, 15) is 19.5 Å². The summed E-state index contributed by atoms with van der Waals surface area (Å²) in [6.45, 7) is 5.51. The SMILES string of the molecule is COC(CC=O)(OC)C(=O)N(C)c1cc(C(=O)O)ccc1CNCCC(C)C. The van der Waals surface area contributed by atoms with Crippen LogP contribution in [0.15, 0.2) is 18.2 Å². The quantitative estimate of drug-likeness (QED) is 0.318. The molecule has 2 N–H and O–H groups in total. The van der Waals surface area contributed by atoms with Gasteiger partial charge in [-0.15, -0.1) is 0 Å². The van der Waals surface area contributed by atoms with Crippen molar-refractivity contribution < 1.29 is 29.0 Å². The van der Waals surface area contributed by atoms with Gasteiger partial charge in [-0.05, 0) is 36.6 Å². The molecule has 8 nitrogen and oxygen atoms in total. The van der Waals surface area contributed by atoms with Crippen LogP contribution >= 0.6 is 0 Å². The molecular formula is C20H30N2O6. The molecule has 0 heterocycles. The minimum atomic E-state index is -1.77. The van der Waals surface area contributed by atoms with Crippen LogP contribution in [-0.2, 0) is 25.6 Å². The van der Waals surface area contributed by atoms with Crippen molar-refractivity contribution in [2.24, 2.45) is 5.92 Å². The second-order valence-corrected chi connectivity index (χ2v) is 6.90. The van der Waals surface area contributed by atoms with E-state index >= 15 is 0 Å². The Morgan fingerprint density at radius 3 is 2.43 bits per heavy atom. The number of amides is 1. The maximum Gasteiger partial charge on any atom is 0.335 e. The maximum absolute atomic E-state index is 13.0. The van der Waals surface area contributed by atoms with Gasteiger partial charge >= 0.3 is 5.97 Å². The molecule has 28 heavy (non-hydrogen) atoms. The summed E-state index contributed by atoms with van der Waals surface area (Å²) in [6.07, 6.45) is 1.25. The molecule has 0 aromatic heterocycles. The topological polar surface area (TPSA) is 105 Å². The molecule has 0 saturated carbocycles. The Hall–Kier alpha value is -2.29. The zero-order valence-corrected chi connectivity index (χ0v) is 17.2. The summed E-state index contributed by atoms with van der Waals surface area (Å²) in [6, 6.07) is 4.59. The van der Waals surface area contributed by atoms with E-state index in [0.29, 0.717) is 24.4 Å². The molecule has 0 aliphatic heterocycles. The van der Waals surface area contributed by atoms with Gasteiger partial charge < -0.3 is 29.6 Å². The molecule has 0 aliphatic rings. The van der Waals surface area contributed by atoms with Crippen molar-refractivity contribution in [1.29, 1.82) is 0 Å². The number of anilines is 1. The predicted molar refractivity (Wildman–Crippen MR) is 105 cm³/mol. The lowest BCUT2D eigenvalue weighted by Gasteiger charge is -2.32. The standard InChI is InChI=1S/C20H30N2O6/c1-14(2)8-10-21-13-16-7-6-15(18(24)25)12-17(16)22(3)19(26)20(27-4,28-5)9-11-23/h6-7,11-12,14,21H,8-10,13H2,1-5H3,(H,24,25). The molecule has 0 radical (unpaired) electrons. The predicted octanol–water partition coefficient (Wildman–Crippen LogP) is 2.06. The number of carbonyl (C=O) groups is 3. The highest BCUT2D eigenvalue weighted by molar-refractivity contribution is 6.01. The minimum Gasteiger partial charge on any atom is -0.478 e. The summed E-state index contributed by atoms with van der Waals surface area (Å²) in [5, 5.41) is 12.6. The maximum atomic E-state index is 13.0. The Morgan fingerprint density at radius 1 is 1.29 bits per heavy atom. The first-order valence-corrected chi connectivity index (χ1v) is 9.11. The molecule has 156 valence electrons. The number of likely N-dealkylation sites (N-methyl/N-ethyl adjacent to an activating group) is 1. The van der Waals surface area contributed by atoms with Crippen LogP contribution in [0.4, 0.5) is 5.69 Å². The van der Waals surface area contributed by atoms with Gasteiger partial charge in [-0.2, -0.15) is 0 Å². The third kappa shape index (κ3) is 5.85. The van der Waals surface area contributed by atoms with Gasteiger partial charge in [0.15, 0.2) is 0 Å². The van der Waals surface area contributed by atoms with Crippen molar-refractivity contribution in [3.63, 3.8) is 0 Å². The minimum absolute atomic E-state index is 0.0522. The molecule has 1 rings (SSSR count). The molecule has 0 spiro atoms. The van der Waals surface area contributed by atoms with Crippen LogP contribution in [0.1, 0.15) is 42.6 Å². The van der Waals surface area contributed by atoms with Crippen LogP contribution < -0.4 is 10.2 Å². The molecule has 1 aromatic carbocycles. The first kappa shape index (κ1) is 23.7. The summed E-state index contributed by atoms with van der Waals surface area (Å²) in [7, 11) is 4.06. The van der Waals surface area contributed by atoms with Gasteiger partial charge in [-0.1, -0.05) is 19.9 Å². The van der Waals surface area contributed by atoms with Crippen molar-refractivity contribution in [1.82, 2.24) is 5.32 Å². The van der Waals surface area contributed by atoms with Crippen molar-refractivity contribution >= 4 is 23.9 Å². The molecule has 1 amide bonds. The number of aromatic carboxylic acids is 1. The Labute approximate surface area is 165 Å². The second kappa shape index (κ2) is 10.9. The molecule has 0 saturated heterocycles. The van der Waals surface area contributed by atoms with Gasteiger partial charge in [0, 0.05) is 33.5 Å². The van der Waals surface area contributed by atoms with E-state index < -0.39 is 17.7 Å². The molecular weight excluding hydrogens is 364 g/mol. The fourth-order valence-electron chi connectivity index (χ4n) is 2.76. The molecule has 1 aromatic rings. The average Bonchev–Trinajstić information content (AvgIpc) is 2.68. The average molecular weight is 394 g/mol. The second-order valence-electron chi connectivity index (χ2n) is 6.90. The summed E-state index contributed by atoms with van der Waals surface area (Å²) >= 11 is 0. The highest BCUT2D eigenvalue weighted by atomic mass is 16.7. The molecule has 8 heteroatoms. The number of nitrogens with zero attached hydrogens (tertiary/aromatic N) is 1. The van der Waals surface area contributed by atoms with Crippen LogP contribution in [0.2, 0.25) is 0 Å². The number of carbonyl (C=O) groups excluding carboxylic acids is 2. The van der Waals surface area contributed by atoms with E-state index in [4.69, 9.17) is 9.47 Å². The number of carboxylic acids is 1. The fourth-order valence-corrected chi connectivity index (χ4v) is 2.76. The van der Waals surface area contributed by atoms with Crippen LogP contribution in [0.5, 0.6) is 0 Å². The summed E-state index contributed by atoms with van der Waals surface area (Å²) in [5.41, 5.74) is 1.21. The summed E-state index contributed by atoms with van der Waals surface area (Å²) in [4.78, 5) is 36.7. The van der Waals surface area contributed by atoms with E-state index in [0.717, 1.165) is 18.5 Å². The summed E-state index contributed by atoms with van der Waals surface area (Å²) in [5.74, 6) is -2.91. The normalized spacial score (nSPS) is 11.5. The Kier molecular flexibility index (Phi) is 9.24. The molecule has 0 fully saturated rings. The van der Waals surface area contributed by atoms with Crippen molar-refractivity contribution in [3.8, 4) is 0 Å². The van der Waals surface area contributed by atoms with Gasteiger partial charge in [0.25, 0.3) is 11.7 Å². The number of hydrogen-bond acceptors (Lipinski definition) is 6. The lowest BCUT2D eigenvalue weighted by Crippen LogP contribution is -2.51. The number of ether oxygens (including phenoxy) is 2. The van der Waals surface area contributed by atoms with Gasteiger partial charge in [-0.3, -0.25) is 4.79 Å². The first-order chi connectivity index (χ1) is 13.2. The van der Waals surface area contributed by atoms with Gasteiger partial charge in [-0.25, -0.2) is 4.79 Å². The lowest BCUT2D eigenvalue weighted by molar-refractivity contribution is -0.207. The van der Waals surface area contributed by atoms with Crippen LogP contribution in [0.3, 0.4) is 0 Å². The number of benzene rings is 1. The monoisotopic (exact) mass is 394 g/mol. The Balaban J connectivity index is 3.21. The van der Waals surface area contributed by atoms with Crippen molar-refractivity contribution in [3.05, 3.63) is 29.3 Å². The molecule has 0 aliphatic carbocycles. The van der Waals surface area contributed by atoms with E-state index in [-0.39, 0.29) is 12.0 Å². The summed E-state index contributed by atoms with van der Waals surface area (Å²) < 4.78 is 10.4. The number of methoxy groups -OCH3 is 2. The Morgan fingerprint density at radius 2 is 1.93 bits per heavy atom. The van der Waals surface area contributed by atoms with E-state index in [1.807, 2.05) is 0 Å². The van der Waals surface area contributed by atoms with Crippen LogP contribution in [0, 0.1) is 5.92 Å². The zero-order chi connectivity index (χ0) is 21.3. The van der Waals surface area contributed by atoms with E-state index in [1.165, 1.54) is 38.3 Å². The van der Waals surface area contributed by atoms with E-state index in [2.05, 4.69) is 19.2 Å². The fraction of sp³-hybridized carbons (Fsp3) is 0.550. The molecule has 0 atom stereocenters. The number of carboxylic acid groups (broad SMARTS) is 1. The highest BCUT2D eigenvalue weighted by Crippen LogP contribution is 2.27. The van der Waals surface area contributed by atoms with Gasteiger partial charge in [0.2, 0.25) is 0 Å². The van der Waals surface area contributed by atoms with Crippen molar-refractivity contribution in [2.45, 2.75) is 39.0 Å². The first-order valence-electron chi connectivity index (χ1n) is 9.11.